The summed E-state index contributed by atoms with van der Waals surface area (Å²) in [6.07, 6.45) is 2.95. The minimum atomic E-state index is -2.72. The number of nitrogens with zero attached hydrogens (tertiary/aromatic N) is 4. The highest BCUT2D eigenvalue weighted by molar-refractivity contribution is 6.30. The van der Waals surface area contributed by atoms with Gasteiger partial charge >= 0.3 is 5.97 Å². The first kappa shape index (κ1) is 25.3. The van der Waals surface area contributed by atoms with Gasteiger partial charge < -0.3 is 23.9 Å². The number of para-hydroxylation sites is 1. The molecule has 2 fully saturated rings. The Kier molecular flexibility index (Phi) is 6.82. The summed E-state index contributed by atoms with van der Waals surface area (Å²) in [5.74, 6) is -0.206. The quantitative estimate of drug-likeness (QED) is 0.241. The molecule has 0 saturated carbocycles. The average Bonchev–Trinajstić information content (AvgIpc) is 3.34. The van der Waals surface area contributed by atoms with Crippen LogP contribution in [-0.4, -0.2) is 63.3 Å². The van der Waals surface area contributed by atoms with Gasteiger partial charge in [0.15, 0.2) is 11.3 Å². The molecule has 3 aliphatic heterocycles. The fraction of sp³-hybridized carbons (Fsp3) is 0.364. The van der Waals surface area contributed by atoms with Crippen molar-refractivity contribution in [2.24, 2.45) is 0 Å². The predicted molar refractivity (Wildman–Crippen MR) is 163 cm³/mol. The number of ether oxygens (including phenoxy) is 3. The highest BCUT2D eigenvalue weighted by atomic mass is 35.5. The lowest BCUT2D eigenvalue weighted by molar-refractivity contribution is -0.0593. The normalized spacial score (nSPS) is 21.8. The lowest BCUT2D eigenvalue weighted by Gasteiger charge is -2.34. The Morgan fingerprint density at radius 1 is 1.16 bits per heavy atom. The number of carboxylic acid groups (broad SMARTS) is 1. The van der Waals surface area contributed by atoms with Gasteiger partial charge in [-0.25, -0.2) is 19.2 Å². The smallest absolute Gasteiger partial charge is 0.354 e. The third kappa shape index (κ3) is 5.42. The molecule has 7 rings (SSSR count). The molecule has 0 aliphatic carbocycles. The molecule has 2 atom stereocenters. The zero-order valence-corrected chi connectivity index (χ0v) is 24.5. The maximum atomic E-state index is 15.6. The Morgan fingerprint density at radius 3 is 2.75 bits per heavy atom. The van der Waals surface area contributed by atoms with Crippen molar-refractivity contribution < 1.29 is 32.6 Å². The first-order chi connectivity index (χ1) is 22.5. The van der Waals surface area contributed by atoms with E-state index in [1.54, 1.807) is 24.3 Å². The number of pyridine rings is 1. The Balaban J connectivity index is 1.10. The van der Waals surface area contributed by atoms with Crippen LogP contribution in [0, 0.1) is 0 Å². The molecule has 2 aromatic heterocycles. The van der Waals surface area contributed by atoms with Gasteiger partial charge in [-0.1, -0.05) is 23.7 Å². The summed E-state index contributed by atoms with van der Waals surface area (Å²) in [6.45, 7) is 3.32. The minimum absolute atomic E-state index is 0.00469. The van der Waals surface area contributed by atoms with Crippen molar-refractivity contribution in [2.75, 3.05) is 26.7 Å². The second-order valence-corrected chi connectivity index (χ2v) is 11.8. The number of hydrogen-bond acceptors (Lipinski definition) is 7. The number of benzene rings is 2. The van der Waals surface area contributed by atoms with Crippen LogP contribution in [-0.2, 0) is 17.8 Å². The molecule has 228 valence electrons. The van der Waals surface area contributed by atoms with Gasteiger partial charge in [0.2, 0.25) is 0 Å². The molecule has 0 unspecified atom stereocenters. The van der Waals surface area contributed by atoms with Crippen LogP contribution in [0.3, 0.4) is 0 Å². The van der Waals surface area contributed by atoms with Crippen molar-refractivity contribution in [1.82, 2.24) is 19.4 Å². The van der Waals surface area contributed by atoms with Gasteiger partial charge in [-0.05, 0) is 86.3 Å². The van der Waals surface area contributed by atoms with Crippen molar-refractivity contribution in [3.63, 3.8) is 0 Å². The molecular formula is C33H32ClFN4O5. The molecule has 9 nitrogen and oxygen atoms in total. The summed E-state index contributed by atoms with van der Waals surface area (Å²) in [5, 5.41) is 9.78. The van der Waals surface area contributed by atoms with Gasteiger partial charge in [0.1, 0.15) is 34.8 Å². The maximum absolute atomic E-state index is 15.6. The number of fused-ring (bicyclic) bond motifs is 2. The second kappa shape index (κ2) is 11.8. The van der Waals surface area contributed by atoms with Crippen LogP contribution < -0.4 is 9.47 Å². The number of piperidine rings is 1. The van der Waals surface area contributed by atoms with Gasteiger partial charge in [-0.15, -0.1) is 0 Å². The van der Waals surface area contributed by atoms with Crippen LogP contribution in [0.4, 0.5) is 4.39 Å². The second-order valence-electron chi connectivity index (χ2n) is 11.4. The Morgan fingerprint density at radius 2 is 2.00 bits per heavy atom. The minimum Gasteiger partial charge on any atom is -0.496 e. The fourth-order valence-electron chi connectivity index (χ4n) is 6.28. The van der Waals surface area contributed by atoms with Crippen LogP contribution in [0.1, 0.15) is 68.4 Å². The van der Waals surface area contributed by atoms with E-state index in [-0.39, 0.29) is 28.5 Å². The Bertz CT molecular complexity index is 1870. The molecule has 4 aromatic rings. The molecule has 0 amide bonds. The molecule has 0 spiro atoms. The molecule has 0 bridgehead atoms. The summed E-state index contributed by atoms with van der Waals surface area (Å²) in [4.78, 5) is 23.1. The SMILES string of the molecule is [2H]C([2H])([2H])Oc1cc(Cl)ccc1[C@H]1C=C(F)c2cccc(C3CCN(Cc4nc5ccc(C(=O)O)nc5n4C[C@@H]4CCO4)CC3)c2O1. The van der Waals surface area contributed by atoms with Crippen LogP contribution in [0.2, 0.25) is 5.02 Å². The van der Waals surface area contributed by atoms with E-state index < -0.39 is 24.9 Å². The van der Waals surface area contributed by atoms with Crippen LogP contribution in [0.15, 0.2) is 54.6 Å². The highest BCUT2D eigenvalue weighted by Crippen LogP contribution is 2.46. The zero-order chi connectivity index (χ0) is 32.9. The van der Waals surface area contributed by atoms with Crippen LogP contribution >= 0.6 is 11.6 Å². The lowest BCUT2D eigenvalue weighted by Crippen LogP contribution is -2.35. The Labute approximate surface area is 263 Å². The molecule has 2 aromatic carbocycles. The first-order valence-corrected chi connectivity index (χ1v) is 15.0. The highest BCUT2D eigenvalue weighted by Gasteiger charge is 2.31. The van der Waals surface area contributed by atoms with E-state index in [0.29, 0.717) is 47.7 Å². The van der Waals surface area contributed by atoms with E-state index in [9.17, 15) is 9.90 Å². The largest absolute Gasteiger partial charge is 0.496 e. The van der Waals surface area contributed by atoms with Crippen molar-refractivity contribution in [1.29, 1.82) is 0 Å². The molecule has 11 heteroatoms. The van der Waals surface area contributed by atoms with Crippen molar-refractivity contribution in [3.05, 3.63) is 87.8 Å². The number of likely N-dealkylation sites (tertiary alicyclic amines) is 1. The number of rotatable bonds is 8. The van der Waals surface area contributed by atoms with Gasteiger partial charge in [0, 0.05) is 17.2 Å². The number of halogens is 2. The third-order valence-corrected chi connectivity index (χ3v) is 8.93. The van der Waals surface area contributed by atoms with Gasteiger partial charge in [0.05, 0.1) is 35.9 Å². The summed E-state index contributed by atoms with van der Waals surface area (Å²) < 4.78 is 57.5. The van der Waals surface area contributed by atoms with E-state index >= 15 is 4.39 Å². The first-order valence-electron chi connectivity index (χ1n) is 16.1. The van der Waals surface area contributed by atoms with Gasteiger partial charge in [0.25, 0.3) is 0 Å². The van der Waals surface area contributed by atoms with Crippen molar-refractivity contribution in [3.8, 4) is 11.5 Å². The van der Waals surface area contributed by atoms with Gasteiger partial charge in [-0.2, -0.15) is 0 Å². The zero-order valence-electron chi connectivity index (χ0n) is 26.7. The van der Waals surface area contributed by atoms with E-state index in [0.717, 1.165) is 43.7 Å². The van der Waals surface area contributed by atoms with E-state index in [1.165, 1.54) is 18.2 Å². The molecular weight excluding hydrogens is 587 g/mol. The number of imidazole rings is 1. The summed E-state index contributed by atoms with van der Waals surface area (Å²) in [6, 6.07) is 13.2. The van der Waals surface area contributed by atoms with E-state index in [1.807, 2.05) is 16.7 Å². The summed E-state index contributed by atoms with van der Waals surface area (Å²) >= 11 is 6.13. The molecule has 0 radical (unpaired) electrons. The Hall–Kier alpha value is -3.99. The molecule has 1 N–H and O–H groups in total. The number of methoxy groups -OCH3 is 1. The number of carboxylic acids is 1. The molecule has 2 saturated heterocycles. The summed E-state index contributed by atoms with van der Waals surface area (Å²) in [5.41, 5.74) is 2.76. The average molecular weight is 622 g/mol. The number of carbonyl (C=O) groups is 1. The molecule has 3 aliphatic rings. The maximum Gasteiger partial charge on any atom is 0.354 e. The summed E-state index contributed by atoms with van der Waals surface area (Å²) in [7, 11) is -2.72. The lowest BCUT2D eigenvalue weighted by atomic mass is 9.86. The van der Waals surface area contributed by atoms with Crippen LogP contribution in [0.5, 0.6) is 11.5 Å². The van der Waals surface area contributed by atoms with Crippen molar-refractivity contribution >= 4 is 34.6 Å². The topological polar surface area (TPSA) is 98.9 Å². The van der Waals surface area contributed by atoms with Crippen molar-refractivity contribution in [2.45, 2.75) is 50.5 Å². The number of hydrogen-bond donors (Lipinski definition) is 1. The monoisotopic (exact) mass is 621 g/mol. The fourth-order valence-corrected chi connectivity index (χ4v) is 6.44. The molecule has 5 heterocycles. The van der Waals surface area contributed by atoms with Crippen LogP contribution in [0.25, 0.3) is 17.0 Å². The van der Waals surface area contributed by atoms with E-state index in [4.69, 9.17) is 34.9 Å². The standard InChI is InChI=1S/C33H32ClFN4O5/c1-42-28-15-20(34)5-6-24(28)29-16-25(35)23-4-2-3-22(31(23)44-29)19-9-12-38(13-10-19)18-30-36-26-7-8-27(33(40)41)37-32(26)39(30)17-21-11-14-43-21/h2-8,15-16,19,21,29H,9-14,17-18H2,1H3,(H,40,41)/t21-,29+/m0/s1/i1D3. The third-order valence-electron chi connectivity index (χ3n) is 8.70. The van der Waals surface area contributed by atoms with Gasteiger partial charge in [-0.3, -0.25) is 4.90 Å². The molecule has 44 heavy (non-hydrogen) atoms. The number of aromatic carboxylic acids is 1. The number of aromatic nitrogens is 3. The van der Waals surface area contributed by atoms with E-state index in [2.05, 4.69) is 9.88 Å². The predicted octanol–water partition coefficient (Wildman–Crippen LogP) is 6.40.